The van der Waals surface area contributed by atoms with E-state index in [1.165, 1.54) is 5.57 Å². The molecule has 5 heteroatoms. The summed E-state index contributed by atoms with van der Waals surface area (Å²) in [6.45, 7) is 23.4. The molecule has 3 saturated carbocycles. The lowest BCUT2D eigenvalue weighted by molar-refractivity contribution is -0.178. The quantitative estimate of drug-likeness (QED) is 0.313. The molecule has 0 aromatic carbocycles. The number of aliphatic hydroxyl groups is 1. The Morgan fingerprint density at radius 3 is 2.39 bits per heavy atom. The van der Waals surface area contributed by atoms with Gasteiger partial charge in [-0.15, -0.1) is 0 Å². The van der Waals surface area contributed by atoms with Gasteiger partial charge in [0, 0.05) is 31.3 Å². The minimum absolute atomic E-state index is 0.0219. The third-order valence-electron chi connectivity index (χ3n) is 13.4. The van der Waals surface area contributed by atoms with Crippen LogP contribution in [0.4, 0.5) is 0 Å². The Kier molecular flexibility index (Phi) is 5.49. The van der Waals surface area contributed by atoms with Gasteiger partial charge in [0.05, 0.1) is 12.3 Å². The first-order valence-electron chi connectivity index (χ1n) is 15.1. The number of β-lactam (4-membered cyclic amide) rings is 1. The Morgan fingerprint density at radius 1 is 1.05 bits per heavy atom. The molecule has 0 unspecified atom stereocenters. The highest BCUT2D eigenvalue weighted by molar-refractivity contribution is 5.95. The fraction of sp³-hybridized carbons (Fsp3) is 0.788. The number of carbonyl (C=O) groups excluding carboxylic acids is 2. The summed E-state index contributed by atoms with van der Waals surface area (Å²) in [6.07, 6.45) is 10.7. The van der Waals surface area contributed by atoms with Crippen molar-refractivity contribution in [3.63, 3.8) is 0 Å². The zero-order valence-electron chi connectivity index (χ0n) is 24.3. The zero-order chi connectivity index (χ0) is 27.5. The Balaban J connectivity index is 1.46. The normalized spacial score (nSPS) is 47.6. The minimum atomic E-state index is -0.285. The molecule has 38 heavy (non-hydrogen) atoms. The summed E-state index contributed by atoms with van der Waals surface area (Å²) in [4.78, 5) is 32.8. The van der Waals surface area contributed by atoms with Crippen LogP contribution in [0.1, 0.15) is 99.3 Å². The van der Waals surface area contributed by atoms with Crippen LogP contribution in [-0.4, -0.2) is 34.8 Å². The molecule has 206 valence electrons. The molecule has 1 amide bonds. The van der Waals surface area contributed by atoms with Gasteiger partial charge >= 0.3 is 0 Å². The number of nitrogens with zero attached hydrogens (tertiary/aromatic N) is 2. The van der Waals surface area contributed by atoms with E-state index >= 15 is 0 Å². The third-order valence-corrected chi connectivity index (χ3v) is 13.4. The lowest BCUT2D eigenvalue weighted by atomic mass is 9.34. The highest BCUT2D eigenvalue weighted by atomic mass is 16.3. The monoisotopic (exact) mass is 518 g/mol. The highest BCUT2D eigenvalue weighted by Gasteiger charge is 2.69. The number of allylic oxidation sites excluding steroid dienone is 4. The van der Waals surface area contributed by atoms with Crippen LogP contribution in [0.3, 0.4) is 0 Å². The maximum Gasteiger partial charge on any atom is 0.224 e. The van der Waals surface area contributed by atoms with Crippen LogP contribution in [0, 0.1) is 57.3 Å². The molecule has 1 aliphatic heterocycles. The highest BCUT2D eigenvalue weighted by Crippen LogP contribution is 2.74. The molecule has 5 aliphatic carbocycles. The number of rotatable bonds is 2. The van der Waals surface area contributed by atoms with Gasteiger partial charge in [0.2, 0.25) is 11.6 Å². The largest absolute Gasteiger partial charge is 0.523 e. The molecule has 0 bridgehead atoms. The number of likely N-dealkylation sites (tertiary alicyclic amines) is 1. The number of aliphatic hydroxyl groups excluding tert-OH is 1. The van der Waals surface area contributed by atoms with E-state index in [0.717, 1.165) is 58.0 Å². The van der Waals surface area contributed by atoms with E-state index in [2.05, 4.69) is 51.3 Å². The predicted octanol–water partition coefficient (Wildman–Crippen LogP) is 7.11. The molecular weight excluding hydrogens is 472 g/mol. The number of fused-ring (bicyclic) bond motifs is 7. The topological polar surface area (TPSA) is 62.0 Å². The summed E-state index contributed by atoms with van der Waals surface area (Å²) in [6, 6.07) is 0. The molecule has 0 spiro atoms. The molecule has 0 aromatic rings. The molecule has 1 saturated heterocycles. The van der Waals surface area contributed by atoms with Crippen molar-refractivity contribution >= 4 is 11.7 Å². The molecule has 6 rings (SSSR count). The molecule has 0 aromatic heterocycles. The fourth-order valence-electron chi connectivity index (χ4n) is 10.8. The van der Waals surface area contributed by atoms with Crippen molar-refractivity contribution in [1.82, 2.24) is 4.90 Å². The second-order valence-corrected chi connectivity index (χ2v) is 15.6. The molecule has 1 N–H and O–H groups in total. The molecule has 8 atom stereocenters. The molecule has 1 heterocycles. The number of ketones is 1. The number of hydrogen-bond acceptors (Lipinski definition) is 3. The standard InChI is InChI=1S/C33H46N2O3/c1-20-21-8-10-31(5)25(30(21,4)18-23(34-7)28(20)38)16-24(36)27-22-17-29(2,3)11-13-33(22,14-12-32(27,31)6)19-35-15-9-26(35)37/h16,20-22,27,38H,8-15,17-19H2,1-6H3/t20-,21-,22-,27-,30-,31+,32+,33+/m0/s1. The lowest BCUT2D eigenvalue weighted by Crippen LogP contribution is -2.66. The van der Waals surface area contributed by atoms with Gasteiger partial charge in [-0.2, -0.15) is 0 Å². The Morgan fingerprint density at radius 2 is 1.76 bits per heavy atom. The van der Waals surface area contributed by atoms with Gasteiger partial charge in [-0.05, 0) is 96.4 Å². The first-order valence-corrected chi connectivity index (χ1v) is 15.1. The van der Waals surface area contributed by atoms with Crippen molar-refractivity contribution in [3.05, 3.63) is 34.5 Å². The van der Waals surface area contributed by atoms with Gasteiger partial charge in [-0.1, -0.05) is 47.1 Å². The van der Waals surface area contributed by atoms with Crippen LogP contribution in [0.2, 0.25) is 0 Å². The van der Waals surface area contributed by atoms with Gasteiger partial charge in [-0.25, -0.2) is 4.85 Å². The average molecular weight is 519 g/mol. The number of hydrogen-bond donors (Lipinski definition) is 1. The third kappa shape index (κ3) is 3.21. The van der Waals surface area contributed by atoms with Crippen molar-refractivity contribution in [3.8, 4) is 0 Å². The second-order valence-electron chi connectivity index (χ2n) is 15.6. The van der Waals surface area contributed by atoms with E-state index in [4.69, 9.17) is 6.57 Å². The van der Waals surface area contributed by atoms with Crippen LogP contribution in [0.5, 0.6) is 0 Å². The van der Waals surface area contributed by atoms with Crippen LogP contribution < -0.4 is 0 Å². The summed E-state index contributed by atoms with van der Waals surface area (Å²) >= 11 is 0. The second kappa shape index (κ2) is 7.98. The van der Waals surface area contributed by atoms with E-state index < -0.39 is 0 Å². The van der Waals surface area contributed by atoms with Crippen molar-refractivity contribution in [2.75, 3.05) is 13.1 Å². The lowest BCUT2D eigenvalue weighted by Gasteiger charge is -2.69. The smallest absolute Gasteiger partial charge is 0.224 e. The molecule has 5 nitrogen and oxygen atoms in total. The number of carbonyl (C=O) groups is 2. The fourth-order valence-corrected chi connectivity index (χ4v) is 10.8. The van der Waals surface area contributed by atoms with E-state index in [9.17, 15) is 14.7 Å². The maximum absolute atomic E-state index is 14.5. The summed E-state index contributed by atoms with van der Waals surface area (Å²) in [5.74, 6) is 1.30. The minimum Gasteiger partial charge on any atom is -0.523 e. The van der Waals surface area contributed by atoms with Crippen molar-refractivity contribution in [2.45, 2.75) is 99.3 Å². The van der Waals surface area contributed by atoms with E-state index in [0.29, 0.717) is 30.2 Å². The van der Waals surface area contributed by atoms with Gasteiger partial charge in [0.15, 0.2) is 5.78 Å². The Hall–Kier alpha value is -2.09. The maximum atomic E-state index is 14.5. The van der Waals surface area contributed by atoms with Gasteiger partial charge in [-0.3, -0.25) is 9.59 Å². The van der Waals surface area contributed by atoms with Crippen LogP contribution in [-0.2, 0) is 9.59 Å². The SMILES string of the molecule is [C-]#[N+]C1=C(O)[C@@H](C)[C@@H]2CC[C@]3(C)C(=CC(=O)[C@@H]4[C@@H]5CC(C)(C)CC[C@]5(CN5CCC5=O)CC[C@]43C)[C@@]2(C)C1. The average Bonchev–Trinajstić information content (AvgIpc) is 2.85. The van der Waals surface area contributed by atoms with Crippen molar-refractivity contribution in [1.29, 1.82) is 0 Å². The van der Waals surface area contributed by atoms with E-state index in [1.54, 1.807) is 0 Å². The van der Waals surface area contributed by atoms with Crippen molar-refractivity contribution < 1.29 is 14.7 Å². The summed E-state index contributed by atoms with van der Waals surface area (Å²) in [5, 5.41) is 10.8. The van der Waals surface area contributed by atoms with E-state index in [-0.39, 0.29) is 56.5 Å². The Bertz CT molecular complexity index is 1210. The van der Waals surface area contributed by atoms with Gasteiger partial charge in [0.1, 0.15) is 0 Å². The summed E-state index contributed by atoms with van der Waals surface area (Å²) in [7, 11) is 0. The summed E-state index contributed by atoms with van der Waals surface area (Å²) in [5.41, 5.74) is 1.44. The molecule has 0 radical (unpaired) electrons. The molecule has 4 fully saturated rings. The molecule has 6 aliphatic rings. The van der Waals surface area contributed by atoms with Gasteiger partial charge in [0.25, 0.3) is 0 Å². The summed E-state index contributed by atoms with van der Waals surface area (Å²) < 4.78 is 0. The predicted molar refractivity (Wildman–Crippen MR) is 148 cm³/mol. The first-order chi connectivity index (χ1) is 17.7. The molecular formula is C33H46N2O3. The number of amides is 1. The van der Waals surface area contributed by atoms with Crippen LogP contribution >= 0.6 is 0 Å². The van der Waals surface area contributed by atoms with Crippen LogP contribution in [0.25, 0.3) is 4.85 Å². The van der Waals surface area contributed by atoms with Gasteiger partial charge < -0.3 is 10.0 Å². The van der Waals surface area contributed by atoms with Crippen molar-refractivity contribution in [2.24, 2.45) is 50.7 Å². The Labute approximate surface area is 228 Å². The first kappa shape index (κ1) is 26.1. The zero-order valence-corrected chi connectivity index (χ0v) is 24.3. The van der Waals surface area contributed by atoms with Crippen LogP contribution in [0.15, 0.2) is 23.1 Å². The van der Waals surface area contributed by atoms with E-state index in [1.807, 2.05) is 6.08 Å².